The maximum Gasteiger partial charge on any atom is 0.472 e. The zero-order valence-electron chi connectivity index (χ0n) is 42.9. The van der Waals surface area contributed by atoms with Crippen LogP contribution in [0.1, 0.15) is 206 Å². The number of ether oxygens (including phenoxy) is 2. The molecule has 9 nitrogen and oxygen atoms in total. The number of esters is 2. The van der Waals surface area contributed by atoms with E-state index < -0.39 is 32.5 Å². The van der Waals surface area contributed by atoms with Crippen molar-refractivity contribution in [3.05, 3.63) is 85.1 Å². The summed E-state index contributed by atoms with van der Waals surface area (Å²) >= 11 is 0. The van der Waals surface area contributed by atoms with Crippen LogP contribution in [-0.4, -0.2) is 74.9 Å². The van der Waals surface area contributed by atoms with E-state index in [0.717, 1.165) is 51.4 Å². The molecule has 1 unspecified atom stereocenters. The van der Waals surface area contributed by atoms with E-state index in [1.54, 1.807) is 0 Å². The number of hydrogen-bond donors (Lipinski definition) is 1. The van der Waals surface area contributed by atoms with E-state index in [-0.39, 0.29) is 26.1 Å². The van der Waals surface area contributed by atoms with E-state index >= 15 is 0 Å². The Morgan fingerprint density at radius 3 is 1.35 bits per heavy atom. The quantitative estimate of drug-likeness (QED) is 0.0211. The Balaban J connectivity index is 4.36. The molecule has 0 amide bonds. The number of phosphoric acid groups is 1. The molecule has 0 rings (SSSR count). The van der Waals surface area contributed by atoms with Gasteiger partial charge in [0.1, 0.15) is 19.8 Å². The molecule has 66 heavy (non-hydrogen) atoms. The number of carbonyl (C=O) groups excluding carboxylic acids is 2. The molecule has 0 bridgehead atoms. The number of phosphoric ester groups is 1. The van der Waals surface area contributed by atoms with E-state index in [9.17, 15) is 19.0 Å². The van der Waals surface area contributed by atoms with E-state index in [4.69, 9.17) is 18.5 Å². The van der Waals surface area contributed by atoms with Crippen molar-refractivity contribution < 1.29 is 42.1 Å². The predicted octanol–water partition coefficient (Wildman–Crippen LogP) is 15.9. The fourth-order valence-electron chi connectivity index (χ4n) is 6.87. The topological polar surface area (TPSA) is 108 Å². The first-order valence-electron chi connectivity index (χ1n) is 26.3. The van der Waals surface area contributed by atoms with Crippen LogP contribution in [0, 0.1) is 0 Å². The molecule has 0 saturated heterocycles. The zero-order valence-corrected chi connectivity index (χ0v) is 43.8. The average Bonchev–Trinajstić information content (AvgIpc) is 3.27. The lowest BCUT2D eigenvalue weighted by Gasteiger charge is -2.24. The van der Waals surface area contributed by atoms with Crippen LogP contribution >= 0.6 is 7.82 Å². The summed E-state index contributed by atoms with van der Waals surface area (Å²) in [4.78, 5) is 35.5. The molecule has 0 aromatic heterocycles. The molecule has 10 heteroatoms. The first-order chi connectivity index (χ1) is 32.0. The van der Waals surface area contributed by atoms with Crippen LogP contribution in [0.2, 0.25) is 0 Å². The lowest BCUT2D eigenvalue weighted by atomic mass is 10.0. The molecule has 0 aliphatic rings. The van der Waals surface area contributed by atoms with Crippen molar-refractivity contribution in [1.29, 1.82) is 0 Å². The Morgan fingerprint density at radius 2 is 0.894 bits per heavy atom. The van der Waals surface area contributed by atoms with Crippen molar-refractivity contribution >= 4 is 19.8 Å². The SMILES string of the molecule is CC/C=C/C/C=C/C/C=C/C/C=C/C/C=C/C/C=C/CCC(=O)OC[C@H](COP(=O)(O)OCC[N+](C)(C)C)OC(=O)CCC/C=C/CCCCCCCCCCCCCCCCCCCC. The largest absolute Gasteiger partial charge is 0.472 e. The number of likely N-dealkylation sites (N-methyl/N-ethyl adjacent to an activating group) is 1. The molecule has 1 N–H and O–H groups in total. The molecule has 0 heterocycles. The standard InChI is InChI=1S/C56H98NO8P/c1-6-8-10-12-14-16-18-20-22-24-26-27-28-29-31-33-35-37-39-41-43-45-47-49-56(59)65-54(53-64-66(60,61)63-51-50-57(3,4)5)52-62-55(58)48-46-44-42-40-38-36-34-32-30-25-23-21-19-17-15-13-11-9-7-2/h9,11,15,17,21,23,30,32,36,38,41-44,54H,6-8,10,12-14,16,18-20,22,24-29,31,33-35,37,39-40,45-53H2,1-5H3/p+1/b11-9+,17-15+,23-21+,32-30+,38-36+,43-41+,44-42+/t54-/m1/s1. The maximum atomic E-state index is 12.8. The van der Waals surface area contributed by atoms with Crippen molar-refractivity contribution in [2.45, 2.75) is 213 Å². The minimum atomic E-state index is -4.41. The lowest BCUT2D eigenvalue weighted by Crippen LogP contribution is -2.37. The van der Waals surface area contributed by atoms with Gasteiger partial charge in [-0.1, -0.05) is 208 Å². The monoisotopic (exact) mass is 945 g/mol. The van der Waals surface area contributed by atoms with Gasteiger partial charge in [-0.05, 0) is 70.6 Å². The van der Waals surface area contributed by atoms with E-state index in [0.29, 0.717) is 23.9 Å². The Hall–Kier alpha value is -2.81. The second kappa shape index (κ2) is 47.3. The molecule has 0 radical (unpaired) electrons. The van der Waals surface area contributed by atoms with Crippen LogP contribution in [-0.2, 0) is 32.7 Å². The van der Waals surface area contributed by atoms with Crippen LogP contribution in [0.15, 0.2) is 85.1 Å². The van der Waals surface area contributed by atoms with Crippen LogP contribution in [0.3, 0.4) is 0 Å². The highest BCUT2D eigenvalue weighted by atomic mass is 31.2. The van der Waals surface area contributed by atoms with Gasteiger partial charge in [-0.2, -0.15) is 0 Å². The van der Waals surface area contributed by atoms with E-state index in [2.05, 4.69) is 86.8 Å². The molecular formula is C56H99NO8P+. The van der Waals surface area contributed by atoms with Crippen molar-refractivity contribution in [2.75, 3.05) is 47.5 Å². The second-order valence-electron chi connectivity index (χ2n) is 18.5. The number of carbonyl (C=O) groups is 2. The fraction of sp³-hybridized carbons (Fsp3) is 0.714. The van der Waals surface area contributed by atoms with Gasteiger partial charge in [0.15, 0.2) is 6.10 Å². The number of nitrogens with zero attached hydrogens (tertiary/aromatic N) is 1. The van der Waals surface area contributed by atoms with Gasteiger partial charge in [-0.15, -0.1) is 0 Å². The molecule has 0 spiro atoms. The van der Waals surface area contributed by atoms with Gasteiger partial charge < -0.3 is 18.9 Å². The Labute approximate surface area is 405 Å². The summed E-state index contributed by atoms with van der Waals surface area (Å²) in [6.45, 7) is 4.20. The molecule has 380 valence electrons. The summed E-state index contributed by atoms with van der Waals surface area (Å²) in [5, 5.41) is 0. The summed E-state index contributed by atoms with van der Waals surface area (Å²) in [5.41, 5.74) is 0. The van der Waals surface area contributed by atoms with Gasteiger partial charge in [0.25, 0.3) is 0 Å². The molecular weight excluding hydrogens is 846 g/mol. The summed E-state index contributed by atoms with van der Waals surface area (Å²) in [5.74, 6) is -0.935. The third-order valence-electron chi connectivity index (χ3n) is 10.9. The van der Waals surface area contributed by atoms with Crippen molar-refractivity contribution in [3.8, 4) is 0 Å². The van der Waals surface area contributed by atoms with Crippen molar-refractivity contribution in [1.82, 2.24) is 0 Å². The highest BCUT2D eigenvalue weighted by molar-refractivity contribution is 7.47. The Morgan fingerprint density at radius 1 is 0.485 bits per heavy atom. The Kier molecular flexibility index (Phi) is 45.3. The van der Waals surface area contributed by atoms with Gasteiger partial charge in [0.2, 0.25) is 0 Å². The minimum Gasteiger partial charge on any atom is -0.462 e. The fourth-order valence-corrected chi connectivity index (χ4v) is 7.61. The second-order valence-corrected chi connectivity index (χ2v) is 20.0. The van der Waals surface area contributed by atoms with Crippen molar-refractivity contribution in [2.24, 2.45) is 0 Å². The van der Waals surface area contributed by atoms with Gasteiger partial charge in [0.05, 0.1) is 27.7 Å². The highest BCUT2D eigenvalue weighted by Crippen LogP contribution is 2.43. The number of hydrogen-bond acceptors (Lipinski definition) is 7. The van der Waals surface area contributed by atoms with E-state index in [1.165, 1.54) is 116 Å². The third kappa shape index (κ3) is 50.6. The summed E-state index contributed by atoms with van der Waals surface area (Å²) < 4.78 is 34.3. The molecule has 0 fully saturated rings. The smallest absolute Gasteiger partial charge is 0.462 e. The first-order valence-corrected chi connectivity index (χ1v) is 27.8. The molecule has 0 aromatic rings. The number of rotatable bonds is 47. The van der Waals surface area contributed by atoms with Gasteiger partial charge in [0, 0.05) is 12.8 Å². The summed E-state index contributed by atoms with van der Waals surface area (Å²) in [7, 11) is 1.42. The lowest BCUT2D eigenvalue weighted by molar-refractivity contribution is -0.870. The summed E-state index contributed by atoms with van der Waals surface area (Å²) in [6, 6.07) is 0. The number of allylic oxidation sites excluding steroid dienone is 14. The number of unbranched alkanes of at least 4 members (excludes halogenated alkanes) is 19. The normalized spacial score (nSPS) is 14.1. The number of quaternary nitrogens is 1. The molecule has 0 aliphatic carbocycles. The average molecular weight is 945 g/mol. The minimum absolute atomic E-state index is 0.0123. The van der Waals surface area contributed by atoms with E-state index in [1.807, 2.05) is 33.3 Å². The van der Waals surface area contributed by atoms with Crippen LogP contribution in [0.5, 0.6) is 0 Å². The molecule has 0 aromatic carbocycles. The van der Waals surface area contributed by atoms with Crippen LogP contribution in [0.25, 0.3) is 0 Å². The molecule has 0 aliphatic heterocycles. The molecule has 0 saturated carbocycles. The van der Waals surface area contributed by atoms with Crippen LogP contribution in [0.4, 0.5) is 0 Å². The van der Waals surface area contributed by atoms with Crippen molar-refractivity contribution in [3.63, 3.8) is 0 Å². The van der Waals surface area contributed by atoms with Crippen LogP contribution < -0.4 is 0 Å². The van der Waals surface area contributed by atoms with Gasteiger partial charge >= 0.3 is 19.8 Å². The zero-order chi connectivity index (χ0) is 48.5. The highest BCUT2D eigenvalue weighted by Gasteiger charge is 2.27. The van der Waals surface area contributed by atoms with Gasteiger partial charge in [-0.3, -0.25) is 18.6 Å². The first kappa shape index (κ1) is 63.2. The molecule has 2 atom stereocenters. The summed E-state index contributed by atoms with van der Waals surface area (Å²) in [6.07, 6.45) is 62.5. The van der Waals surface area contributed by atoms with Gasteiger partial charge in [-0.25, -0.2) is 4.57 Å². The maximum absolute atomic E-state index is 12.8. The third-order valence-corrected chi connectivity index (χ3v) is 11.9. The Bertz CT molecular complexity index is 1390. The predicted molar refractivity (Wildman–Crippen MR) is 279 cm³/mol.